The van der Waals surface area contributed by atoms with E-state index >= 15 is 0 Å². The minimum Gasteiger partial charge on any atom is -0.465 e. The fourth-order valence-electron chi connectivity index (χ4n) is 1.84. The standard InChI is InChI=1S/C9H12N2O2/c1-7-8-3-2-4-10(8)5-6-11(7)9(12)13/h2-4,7H,5-6H2,1H3,(H,12,13). The van der Waals surface area contributed by atoms with Gasteiger partial charge in [0.2, 0.25) is 0 Å². The Morgan fingerprint density at radius 1 is 1.62 bits per heavy atom. The molecule has 0 bridgehead atoms. The average molecular weight is 180 g/mol. The quantitative estimate of drug-likeness (QED) is 0.658. The summed E-state index contributed by atoms with van der Waals surface area (Å²) in [4.78, 5) is 12.3. The molecule has 1 atom stereocenters. The topological polar surface area (TPSA) is 45.5 Å². The van der Waals surface area contributed by atoms with E-state index in [-0.39, 0.29) is 6.04 Å². The summed E-state index contributed by atoms with van der Waals surface area (Å²) < 4.78 is 2.10. The van der Waals surface area contributed by atoms with Gasteiger partial charge in [-0.05, 0) is 19.1 Å². The zero-order valence-electron chi connectivity index (χ0n) is 7.47. The second kappa shape index (κ2) is 2.80. The van der Waals surface area contributed by atoms with Crippen molar-refractivity contribution >= 4 is 6.09 Å². The monoisotopic (exact) mass is 180 g/mol. The number of carboxylic acid groups (broad SMARTS) is 1. The maximum Gasteiger partial charge on any atom is 0.407 e. The van der Waals surface area contributed by atoms with E-state index in [1.807, 2.05) is 25.3 Å². The molecule has 1 unspecified atom stereocenters. The third-order valence-electron chi connectivity index (χ3n) is 2.59. The molecular weight excluding hydrogens is 168 g/mol. The van der Waals surface area contributed by atoms with E-state index in [0.29, 0.717) is 6.54 Å². The molecule has 4 heteroatoms. The number of nitrogens with zero attached hydrogens (tertiary/aromatic N) is 2. The molecule has 1 aliphatic rings. The van der Waals surface area contributed by atoms with E-state index in [1.54, 1.807) is 0 Å². The molecule has 0 saturated heterocycles. The molecule has 1 aromatic rings. The predicted octanol–water partition coefficient (Wildman–Crippen LogP) is 1.54. The number of hydrogen-bond donors (Lipinski definition) is 1. The molecule has 0 radical (unpaired) electrons. The summed E-state index contributed by atoms with van der Waals surface area (Å²) >= 11 is 0. The molecule has 1 N–H and O–H groups in total. The summed E-state index contributed by atoms with van der Waals surface area (Å²) in [5.74, 6) is 0. The minimum absolute atomic E-state index is 0.0266. The molecule has 1 aromatic heterocycles. The fourth-order valence-corrected chi connectivity index (χ4v) is 1.84. The predicted molar refractivity (Wildman–Crippen MR) is 47.6 cm³/mol. The number of hydrogen-bond acceptors (Lipinski definition) is 1. The van der Waals surface area contributed by atoms with E-state index in [9.17, 15) is 4.79 Å². The first-order valence-electron chi connectivity index (χ1n) is 4.35. The van der Waals surface area contributed by atoms with Gasteiger partial charge < -0.3 is 9.67 Å². The lowest BCUT2D eigenvalue weighted by Gasteiger charge is -2.32. The maximum absolute atomic E-state index is 10.8. The molecule has 13 heavy (non-hydrogen) atoms. The van der Waals surface area contributed by atoms with Crippen molar-refractivity contribution in [3.8, 4) is 0 Å². The van der Waals surface area contributed by atoms with Crippen LogP contribution in [0.5, 0.6) is 0 Å². The Bertz CT molecular complexity index is 332. The highest BCUT2D eigenvalue weighted by Crippen LogP contribution is 2.24. The van der Waals surface area contributed by atoms with Gasteiger partial charge in [0.1, 0.15) is 0 Å². The molecule has 1 amide bonds. The Morgan fingerprint density at radius 2 is 2.38 bits per heavy atom. The van der Waals surface area contributed by atoms with Crippen molar-refractivity contribution in [2.24, 2.45) is 0 Å². The van der Waals surface area contributed by atoms with E-state index in [1.165, 1.54) is 4.90 Å². The van der Waals surface area contributed by atoms with Gasteiger partial charge >= 0.3 is 6.09 Å². The highest BCUT2D eigenvalue weighted by Gasteiger charge is 2.26. The number of fused-ring (bicyclic) bond motifs is 1. The highest BCUT2D eigenvalue weighted by atomic mass is 16.4. The van der Waals surface area contributed by atoms with Gasteiger partial charge in [-0.25, -0.2) is 4.79 Å². The summed E-state index contributed by atoms with van der Waals surface area (Å²) in [6.45, 7) is 3.26. The summed E-state index contributed by atoms with van der Waals surface area (Å²) in [5, 5.41) is 8.89. The fraction of sp³-hybridized carbons (Fsp3) is 0.444. The van der Waals surface area contributed by atoms with Crippen molar-refractivity contribution in [2.75, 3.05) is 6.54 Å². The summed E-state index contributed by atoms with van der Waals surface area (Å²) in [5.41, 5.74) is 1.08. The molecule has 4 nitrogen and oxygen atoms in total. The van der Waals surface area contributed by atoms with Gasteiger partial charge in [-0.2, -0.15) is 0 Å². The normalized spacial score (nSPS) is 21.3. The van der Waals surface area contributed by atoms with Crippen LogP contribution in [0.4, 0.5) is 4.79 Å². The summed E-state index contributed by atoms with van der Waals surface area (Å²) in [6.07, 6.45) is 1.16. The third-order valence-corrected chi connectivity index (χ3v) is 2.59. The van der Waals surface area contributed by atoms with E-state index in [4.69, 9.17) is 5.11 Å². The smallest absolute Gasteiger partial charge is 0.407 e. The van der Waals surface area contributed by atoms with Crippen molar-refractivity contribution < 1.29 is 9.90 Å². The van der Waals surface area contributed by atoms with Gasteiger partial charge in [-0.15, -0.1) is 0 Å². The molecule has 0 aliphatic carbocycles. The van der Waals surface area contributed by atoms with Gasteiger partial charge in [0, 0.05) is 25.0 Å². The second-order valence-electron chi connectivity index (χ2n) is 3.28. The Balaban J connectivity index is 2.32. The summed E-state index contributed by atoms with van der Waals surface area (Å²) in [7, 11) is 0. The lowest BCUT2D eigenvalue weighted by atomic mass is 10.2. The Hall–Kier alpha value is -1.45. The lowest BCUT2D eigenvalue weighted by Crippen LogP contribution is -2.39. The van der Waals surface area contributed by atoms with Crippen LogP contribution in [0.25, 0.3) is 0 Å². The van der Waals surface area contributed by atoms with Crippen molar-refractivity contribution in [1.29, 1.82) is 0 Å². The third kappa shape index (κ3) is 1.18. The zero-order valence-corrected chi connectivity index (χ0v) is 7.47. The van der Waals surface area contributed by atoms with Gasteiger partial charge in [-0.3, -0.25) is 4.90 Å². The van der Waals surface area contributed by atoms with E-state index in [2.05, 4.69) is 4.57 Å². The van der Waals surface area contributed by atoms with E-state index in [0.717, 1.165) is 12.2 Å². The molecule has 0 saturated carbocycles. The van der Waals surface area contributed by atoms with Crippen LogP contribution in [0.3, 0.4) is 0 Å². The van der Waals surface area contributed by atoms with Crippen molar-refractivity contribution in [3.63, 3.8) is 0 Å². The molecule has 2 rings (SSSR count). The summed E-state index contributed by atoms with van der Waals surface area (Å²) in [6, 6.07) is 3.90. The molecule has 70 valence electrons. The first kappa shape index (κ1) is 8.16. The largest absolute Gasteiger partial charge is 0.465 e. The number of aromatic nitrogens is 1. The van der Waals surface area contributed by atoms with Crippen molar-refractivity contribution in [2.45, 2.75) is 19.5 Å². The van der Waals surface area contributed by atoms with Crippen LogP contribution >= 0.6 is 0 Å². The van der Waals surface area contributed by atoms with Crippen LogP contribution in [-0.2, 0) is 6.54 Å². The SMILES string of the molecule is CC1c2cccn2CCN1C(=O)O. The first-order chi connectivity index (χ1) is 6.20. The molecule has 0 spiro atoms. The molecule has 2 heterocycles. The van der Waals surface area contributed by atoms with Crippen molar-refractivity contribution in [1.82, 2.24) is 9.47 Å². The van der Waals surface area contributed by atoms with Crippen LogP contribution in [0.15, 0.2) is 18.3 Å². The number of rotatable bonds is 0. The van der Waals surface area contributed by atoms with Crippen LogP contribution in [0.2, 0.25) is 0 Å². The molecule has 0 fully saturated rings. The van der Waals surface area contributed by atoms with Crippen LogP contribution in [0.1, 0.15) is 18.7 Å². The van der Waals surface area contributed by atoms with Gasteiger partial charge in [0.15, 0.2) is 0 Å². The Morgan fingerprint density at radius 3 is 3.08 bits per heavy atom. The zero-order chi connectivity index (χ0) is 9.42. The molecule has 1 aliphatic heterocycles. The Kier molecular flexibility index (Phi) is 1.76. The van der Waals surface area contributed by atoms with Crippen molar-refractivity contribution in [3.05, 3.63) is 24.0 Å². The highest BCUT2D eigenvalue weighted by molar-refractivity contribution is 5.65. The number of amides is 1. The minimum atomic E-state index is -0.833. The number of carbonyl (C=O) groups is 1. The molecule has 0 aromatic carbocycles. The van der Waals surface area contributed by atoms with Crippen LogP contribution in [0, 0.1) is 0 Å². The Labute approximate surface area is 76.4 Å². The van der Waals surface area contributed by atoms with Crippen LogP contribution < -0.4 is 0 Å². The average Bonchev–Trinajstić information content (AvgIpc) is 2.52. The maximum atomic E-state index is 10.8. The second-order valence-corrected chi connectivity index (χ2v) is 3.28. The first-order valence-corrected chi connectivity index (χ1v) is 4.35. The van der Waals surface area contributed by atoms with Gasteiger partial charge in [-0.1, -0.05) is 0 Å². The molecular formula is C9H12N2O2. The van der Waals surface area contributed by atoms with Gasteiger partial charge in [0.25, 0.3) is 0 Å². The van der Waals surface area contributed by atoms with Crippen LogP contribution in [-0.4, -0.2) is 27.2 Å². The lowest BCUT2D eigenvalue weighted by molar-refractivity contribution is 0.115. The van der Waals surface area contributed by atoms with E-state index < -0.39 is 6.09 Å². The van der Waals surface area contributed by atoms with Gasteiger partial charge in [0.05, 0.1) is 6.04 Å².